The van der Waals surface area contributed by atoms with Crippen LogP contribution in [0.1, 0.15) is 30.8 Å². The first kappa shape index (κ1) is 20.5. The molecule has 0 aliphatic carbocycles. The maximum atomic E-state index is 12.6. The summed E-state index contributed by atoms with van der Waals surface area (Å²) < 4.78 is 38.8. The van der Waals surface area contributed by atoms with Crippen LogP contribution in [0.2, 0.25) is 0 Å². The molecule has 2 aromatic rings. The second-order valence-electron chi connectivity index (χ2n) is 6.20. The second-order valence-corrected chi connectivity index (χ2v) is 6.20. The lowest BCUT2D eigenvalue weighted by Crippen LogP contribution is -2.34. The van der Waals surface area contributed by atoms with Gasteiger partial charge in [-0.1, -0.05) is 30.3 Å². The maximum Gasteiger partial charge on any atom is 0.406 e. The van der Waals surface area contributed by atoms with E-state index in [0.717, 1.165) is 10.1 Å². The quantitative estimate of drug-likeness (QED) is 0.801. The van der Waals surface area contributed by atoms with Crippen molar-refractivity contribution in [3.63, 3.8) is 0 Å². The van der Waals surface area contributed by atoms with Gasteiger partial charge >= 0.3 is 6.18 Å². The molecule has 0 aliphatic rings. The number of aromatic nitrogens is 2. The Kier molecular flexibility index (Phi) is 6.59. The van der Waals surface area contributed by atoms with Crippen LogP contribution in [-0.4, -0.2) is 39.5 Å². The monoisotopic (exact) mass is 382 g/mol. The van der Waals surface area contributed by atoms with Crippen LogP contribution < -0.4 is 5.32 Å². The molecule has 1 heterocycles. The number of hydrogen-bond donors (Lipinski definition) is 1. The molecule has 9 heteroatoms. The predicted octanol–water partition coefficient (Wildman–Crippen LogP) is 2.67. The molecule has 0 saturated carbocycles. The Morgan fingerprint density at radius 1 is 1.26 bits per heavy atom. The van der Waals surface area contributed by atoms with Crippen molar-refractivity contribution in [3.8, 4) is 0 Å². The fraction of sp³-hybridized carbons (Fsp3) is 0.389. The molecular formula is C18H21F3N4O2. The van der Waals surface area contributed by atoms with Crippen LogP contribution >= 0.6 is 0 Å². The van der Waals surface area contributed by atoms with Crippen LogP contribution in [0, 0.1) is 0 Å². The number of nitrogens with zero attached hydrogens (tertiary/aromatic N) is 3. The van der Waals surface area contributed by atoms with Gasteiger partial charge in [0.2, 0.25) is 11.8 Å². The van der Waals surface area contributed by atoms with Gasteiger partial charge in [-0.05, 0) is 5.56 Å². The first-order chi connectivity index (χ1) is 12.7. The van der Waals surface area contributed by atoms with Crippen LogP contribution in [0.4, 0.5) is 13.2 Å². The maximum absolute atomic E-state index is 12.6. The number of benzene rings is 1. The summed E-state index contributed by atoms with van der Waals surface area (Å²) in [6.45, 7) is 0.129. The molecule has 0 fully saturated rings. The Hall–Kier alpha value is -2.84. The number of imidazole rings is 1. The first-order valence-corrected chi connectivity index (χ1v) is 8.28. The van der Waals surface area contributed by atoms with E-state index in [1.165, 1.54) is 31.3 Å². The summed E-state index contributed by atoms with van der Waals surface area (Å²) in [7, 11) is 1.49. The van der Waals surface area contributed by atoms with Crippen molar-refractivity contribution in [1.82, 2.24) is 19.8 Å². The van der Waals surface area contributed by atoms with Crippen LogP contribution in [0.25, 0.3) is 0 Å². The summed E-state index contributed by atoms with van der Waals surface area (Å²) in [4.78, 5) is 29.2. The highest BCUT2D eigenvalue weighted by atomic mass is 19.4. The minimum atomic E-state index is -4.37. The van der Waals surface area contributed by atoms with Gasteiger partial charge in [0, 0.05) is 26.4 Å². The average Bonchev–Trinajstić information content (AvgIpc) is 2.99. The highest BCUT2D eigenvalue weighted by molar-refractivity contribution is 5.79. The van der Waals surface area contributed by atoms with E-state index in [0.29, 0.717) is 0 Å². The summed E-state index contributed by atoms with van der Waals surface area (Å²) >= 11 is 0. The molecule has 0 saturated heterocycles. The van der Waals surface area contributed by atoms with Gasteiger partial charge in [-0.25, -0.2) is 4.98 Å². The molecule has 1 aromatic carbocycles. The number of alkyl halides is 3. The molecule has 1 unspecified atom stereocenters. The largest absolute Gasteiger partial charge is 0.406 e. The van der Waals surface area contributed by atoms with Crippen molar-refractivity contribution in [1.29, 1.82) is 0 Å². The third-order valence-electron chi connectivity index (χ3n) is 3.91. The van der Waals surface area contributed by atoms with E-state index in [1.54, 1.807) is 24.3 Å². The molecule has 2 rings (SSSR count). The number of nitrogens with one attached hydrogen (secondary N) is 1. The lowest BCUT2D eigenvalue weighted by Gasteiger charge is -2.23. The van der Waals surface area contributed by atoms with E-state index in [9.17, 15) is 22.8 Å². The topological polar surface area (TPSA) is 67.2 Å². The highest BCUT2D eigenvalue weighted by Crippen LogP contribution is 2.20. The molecule has 0 radical (unpaired) electrons. The molecular weight excluding hydrogens is 361 g/mol. The molecule has 146 valence electrons. The number of amides is 2. The van der Waals surface area contributed by atoms with Crippen LogP contribution in [0.15, 0.2) is 42.7 Å². The molecule has 0 bridgehead atoms. The molecule has 1 aromatic heterocycles. The summed E-state index contributed by atoms with van der Waals surface area (Å²) in [5, 5.41) is 2.73. The second kappa shape index (κ2) is 8.70. The molecule has 27 heavy (non-hydrogen) atoms. The van der Waals surface area contributed by atoms with E-state index in [2.05, 4.69) is 10.3 Å². The number of carbonyl (C=O) groups is 2. The Balaban J connectivity index is 2.06. The van der Waals surface area contributed by atoms with E-state index in [1.807, 2.05) is 6.07 Å². The fourth-order valence-electron chi connectivity index (χ4n) is 2.64. The number of halogens is 3. The van der Waals surface area contributed by atoms with Gasteiger partial charge in [-0.15, -0.1) is 0 Å². The lowest BCUT2D eigenvalue weighted by molar-refractivity contribution is -0.141. The molecule has 0 aliphatic heterocycles. The average molecular weight is 382 g/mol. The number of hydrogen-bond acceptors (Lipinski definition) is 3. The Morgan fingerprint density at radius 3 is 2.52 bits per heavy atom. The van der Waals surface area contributed by atoms with Crippen molar-refractivity contribution in [3.05, 3.63) is 54.1 Å². The molecule has 1 atom stereocenters. The smallest absolute Gasteiger partial charge is 0.349 e. The zero-order valence-corrected chi connectivity index (χ0v) is 15.0. The number of carbonyl (C=O) groups excluding carboxylic acids is 2. The highest BCUT2D eigenvalue weighted by Gasteiger charge is 2.29. The van der Waals surface area contributed by atoms with Gasteiger partial charge < -0.3 is 14.8 Å². The zero-order valence-electron chi connectivity index (χ0n) is 15.0. The van der Waals surface area contributed by atoms with Gasteiger partial charge in [-0.2, -0.15) is 13.2 Å². The van der Waals surface area contributed by atoms with Crippen molar-refractivity contribution < 1.29 is 22.8 Å². The van der Waals surface area contributed by atoms with Gasteiger partial charge in [0.05, 0.1) is 19.0 Å². The Bertz CT molecular complexity index is 774. The summed E-state index contributed by atoms with van der Waals surface area (Å²) in [6.07, 6.45) is -1.89. The van der Waals surface area contributed by atoms with Crippen molar-refractivity contribution >= 4 is 11.8 Å². The van der Waals surface area contributed by atoms with Crippen LogP contribution in [0.5, 0.6) is 0 Å². The SMILES string of the molecule is CC(=O)NC(CC(=O)N(C)Cc1nccn1CC(F)(F)F)c1ccccc1. The minimum Gasteiger partial charge on any atom is -0.349 e. The van der Waals surface area contributed by atoms with E-state index >= 15 is 0 Å². The molecule has 0 spiro atoms. The normalized spacial score (nSPS) is 12.5. The Morgan fingerprint density at radius 2 is 1.93 bits per heavy atom. The standard InChI is InChI=1S/C18H21F3N4O2/c1-13(26)23-15(14-6-4-3-5-7-14)10-17(27)24(2)11-16-22-8-9-25(16)12-18(19,20)21/h3-9,15H,10-12H2,1-2H3,(H,23,26). The third kappa shape index (κ3) is 6.43. The minimum absolute atomic E-state index is 0.0138. The molecule has 6 nitrogen and oxygen atoms in total. The summed E-state index contributed by atoms with van der Waals surface area (Å²) in [6, 6.07) is 8.49. The first-order valence-electron chi connectivity index (χ1n) is 8.28. The van der Waals surface area contributed by atoms with Crippen molar-refractivity contribution in [2.75, 3.05) is 7.05 Å². The van der Waals surface area contributed by atoms with Gasteiger partial charge in [0.15, 0.2) is 0 Å². The van der Waals surface area contributed by atoms with Crippen LogP contribution in [-0.2, 0) is 22.7 Å². The van der Waals surface area contributed by atoms with Gasteiger partial charge in [0.25, 0.3) is 0 Å². The predicted molar refractivity (Wildman–Crippen MR) is 92.4 cm³/mol. The van der Waals surface area contributed by atoms with Crippen LogP contribution in [0.3, 0.4) is 0 Å². The lowest BCUT2D eigenvalue weighted by atomic mass is 10.0. The summed E-state index contributed by atoms with van der Waals surface area (Å²) in [5.74, 6) is -0.460. The van der Waals surface area contributed by atoms with Gasteiger partial charge in [-0.3, -0.25) is 9.59 Å². The molecule has 2 amide bonds. The third-order valence-corrected chi connectivity index (χ3v) is 3.91. The van der Waals surface area contributed by atoms with Crippen molar-refractivity contribution in [2.45, 2.75) is 38.7 Å². The number of rotatable bonds is 7. The Labute approximate surface area is 155 Å². The molecule has 1 N–H and O–H groups in total. The van der Waals surface area contributed by atoms with E-state index in [4.69, 9.17) is 0 Å². The fourth-order valence-corrected chi connectivity index (χ4v) is 2.64. The zero-order chi connectivity index (χ0) is 20.0. The van der Waals surface area contributed by atoms with Gasteiger partial charge in [0.1, 0.15) is 12.4 Å². The van der Waals surface area contributed by atoms with Crippen molar-refractivity contribution in [2.24, 2.45) is 0 Å². The van der Waals surface area contributed by atoms with E-state index < -0.39 is 18.8 Å². The van der Waals surface area contributed by atoms with E-state index in [-0.39, 0.29) is 30.6 Å². The summed E-state index contributed by atoms with van der Waals surface area (Å²) in [5.41, 5.74) is 0.771.